The second-order valence-electron chi connectivity index (χ2n) is 9.45. The minimum Gasteiger partial charge on any atom is -0.595 e. The minimum absolute atomic E-state index is 0.109. The second kappa shape index (κ2) is 9.65. The van der Waals surface area contributed by atoms with E-state index >= 15 is 0 Å². The summed E-state index contributed by atoms with van der Waals surface area (Å²) in [5, 5.41) is 9.84. The number of halogens is 2. The highest BCUT2D eigenvalue weighted by atomic mass is 35.5. The molecule has 31 heavy (non-hydrogen) atoms. The summed E-state index contributed by atoms with van der Waals surface area (Å²) >= 11 is 4.16. The molecule has 0 aromatic heterocycles. The molecule has 0 bridgehead atoms. The Morgan fingerprint density at radius 1 is 1.29 bits per heavy atom. The van der Waals surface area contributed by atoms with Crippen LogP contribution in [0.2, 0.25) is 5.02 Å². The van der Waals surface area contributed by atoms with Gasteiger partial charge in [-0.25, -0.2) is 0 Å². The van der Waals surface area contributed by atoms with Crippen LogP contribution in [-0.2, 0) is 21.0 Å². The van der Waals surface area contributed by atoms with Crippen molar-refractivity contribution in [2.24, 2.45) is 11.8 Å². The number of hydrogen-bond acceptors (Lipinski definition) is 4. The van der Waals surface area contributed by atoms with Gasteiger partial charge in [0.25, 0.3) is 0 Å². The molecule has 2 aliphatic rings. The summed E-state index contributed by atoms with van der Waals surface area (Å²) in [6.45, 7) is 4.94. The molecule has 172 valence electrons. The van der Waals surface area contributed by atoms with Crippen molar-refractivity contribution in [3.05, 3.63) is 34.9 Å². The predicted octanol–water partition coefficient (Wildman–Crippen LogP) is 4.52. The molecule has 1 N–H and O–H groups in total. The van der Waals surface area contributed by atoms with Crippen LogP contribution >= 0.6 is 11.6 Å². The van der Waals surface area contributed by atoms with E-state index in [9.17, 15) is 23.7 Å². The number of rotatable bonds is 8. The van der Waals surface area contributed by atoms with E-state index in [2.05, 4.69) is 0 Å². The van der Waals surface area contributed by atoms with Gasteiger partial charge in [0.15, 0.2) is 0 Å². The van der Waals surface area contributed by atoms with Gasteiger partial charge >= 0.3 is 5.97 Å². The van der Waals surface area contributed by atoms with Crippen LogP contribution in [0.4, 0.5) is 4.48 Å². The summed E-state index contributed by atoms with van der Waals surface area (Å²) in [6.07, 6.45) is 2.53. The molecule has 1 aliphatic heterocycles. The molecular weight excluding hydrogens is 443 g/mol. The molecular formula is C22H30ClFN2O4S. The Labute approximate surface area is 191 Å². The fraction of sp³-hybridized carbons (Fsp3) is 0.636. The first-order chi connectivity index (χ1) is 14.5. The van der Waals surface area contributed by atoms with E-state index in [0.717, 1.165) is 18.4 Å². The number of benzene rings is 1. The van der Waals surface area contributed by atoms with E-state index in [4.69, 9.17) is 11.6 Å². The molecule has 0 spiro atoms. The summed E-state index contributed by atoms with van der Waals surface area (Å²) < 4.78 is 27.1. The van der Waals surface area contributed by atoms with E-state index in [-0.39, 0.29) is 30.8 Å². The van der Waals surface area contributed by atoms with Crippen LogP contribution in [0.25, 0.3) is 0 Å². The molecule has 1 saturated carbocycles. The number of carboxylic acids is 1. The minimum atomic E-state index is -1.87. The summed E-state index contributed by atoms with van der Waals surface area (Å²) in [6, 6.07) is 6.46. The van der Waals surface area contributed by atoms with Gasteiger partial charge in [-0.15, -0.1) is 0 Å². The maximum Gasteiger partial charge on any atom is 0.304 e. The first-order valence-corrected chi connectivity index (χ1v) is 12.1. The van der Waals surface area contributed by atoms with Gasteiger partial charge in [-0.3, -0.25) is 9.59 Å². The van der Waals surface area contributed by atoms with Crippen LogP contribution in [0, 0.1) is 11.8 Å². The topological polar surface area (TPSA) is 83.9 Å². The molecule has 4 atom stereocenters. The van der Waals surface area contributed by atoms with E-state index in [1.807, 2.05) is 12.1 Å². The Morgan fingerprint density at radius 2 is 1.90 bits per heavy atom. The van der Waals surface area contributed by atoms with Crippen LogP contribution < -0.4 is 0 Å². The lowest BCUT2D eigenvalue weighted by atomic mass is 9.84. The zero-order valence-corrected chi connectivity index (χ0v) is 19.7. The first kappa shape index (κ1) is 24.3. The molecule has 6 nitrogen and oxygen atoms in total. The Hall–Kier alpha value is -1.35. The van der Waals surface area contributed by atoms with Crippen molar-refractivity contribution in [3.8, 4) is 0 Å². The fourth-order valence-electron chi connectivity index (χ4n) is 4.25. The van der Waals surface area contributed by atoms with Crippen molar-refractivity contribution in [3.63, 3.8) is 0 Å². The summed E-state index contributed by atoms with van der Waals surface area (Å²) in [7, 11) is 0. The molecule has 2 fully saturated rings. The van der Waals surface area contributed by atoms with Gasteiger partial charge in [-0.1, -0.05) is 28.2 Å². The van der Waals surface area contributed by atoms with Crippen molar-refractivity contribution in [2.45, 2.75) is 69.7 Å². The third kappa shape index (κ3) is 5.92. The molecule has 1 saturated heterocycles. The van der Waals surface area contributed by atoms with Crippen LogP contribution in [0.3, 0.4) is 0 Å². The van der Waals surface area contributed by atoms with Crippen molar-refractivity contribution in [2.75, 3.05) is 6.54 Å². The molecule has 3 rings (SSSR count). The standard InChI is InChI=1S/C22H30ClFN2O4S/c1-22(2,3)31(30)25(24)13-19(15-4-5-15)26-18(14-6-9-17(23)10-7-14)11-8-16(21(26)29)12-20(27)28/h6-7,9-10,15-16,18-19H,4-5,8,11-13H2,1-3H3,(H,27,28). The average Bonchev–Trinajstić information content (AvgIpc) is 3.52. The second-order valence-corrected chi connectivity index (χ2v) is 12.0. The Morgan fingerprint density at radius 3 is 2.42 bits per heavy atom. The third-order valence-electron chi connectivity index (χ3n) is 5.96. The number of amides is 1. The monoisotopic (exact) mass is 472 g/mol. The molecule has 1 amide bonds. The molecule has 1 aromatic rings. The Bertz CT molecular complexity index is 800. The van der Waals surface area contributed by atoms with E-state index in [1.54, 1.807) is 37.8 Å². The van der Waals surface area contributed by atoms with Gasteiger partial charge in [0.2, 0.25) is 5.91 Å². The molecule has 1 aliphatic carbocycles. The number of hydrogen-bond donors (Lipinski definition) is 1. The van der Waals surface area contributed by atoms with Gasteiger partial charge in [0, 0.05) is 15.5 Å². The van der Waals surface area contributed by atoms with Gasteiger partial charge in [-0.05, 0) is 70.1 Å². The number of carboxylic acid groups (broad SMARTS) is 1. The van der Waals surface area contributed by atoms with Gasteiger partial charge in [0.1, 0.15) is 4.75 Å². The lowest BCUT2D eigenvalue weighted by molar-refractivity contribution is -0.152. The largest absolute Gasteiger partial charge is 0.595 e. The number of aliphatic carboxylic acids is 1. The van der Waals surface area contributed by atoms with Crippen LogP contribution in [0.5, 0.6) is 0 Å². The highest BCUT2D eigenvalue weighted by molar-refractivity contribution is 7.90. The van der Waals surface area contributed by atoms with Gasteiger partial charge in [0.05, 0.1) is 36.4 Å². The molecule has 0 radical (unpaired) electrons. The van der Waals surface area contributed by atoms with Gasteiger partial charge < -0.3 is 14.6 Å². The summed E-state index contributed by atoms with van der Waals surface area (Å²) in [5.74, 6) is -1.81. The quantitative estimate of drug-likeness (QED) is 0.444. The number of carbonyl (C=O) groups excluding carboxylic acids is 1. The molecule has 4 unspecified atom stereocenters. The van der Waals surface area contributed by atoms with Crippen LogP contribution in [0.1, 0.15) is 64.5 Å². The fourth-order valence-corrected chi connectivity index (χ4v) is 5.26. The maximum atomic E-state index is 15.0. The summed E-state index contributed by atoms with van der Waals surface area (Å²) in [4.78, 5) is 26.4. The summed E-state index contributed by atoms with van der Waals surface area (Å²) in [5.41, 5.74) is 0.888. The SMILES string of the molecule is CC(C)(C)[S+]([O-])N(F)CC(C1CC1)N1C(=O)C(CC(=O)O)CCC1c1ccc(Cl)cc1. The lowest BCUT2D eigenvalue weighted by Crippen LogP contribution is -2.54. The van der Waals surface area contributed by atoms with Crippen molar-refractivity contribution in [1.29, 1.82) is 0 Å². The Balaban J connectivity index is 1.92. The number of nitrogens with zero attached hydrogens (tertiary/aromatic N) is 2. The van der Waals surface area contributed by atoms with Gasteiger partial charge in [-0.2, -0.15) is 0 Å². The van der Waals surface area contributed by atoms with E-state index < -0.39 is 34.0 Å². The maximum absolute atomic E-state index is 15.0. The number of piperidine rings is 1. The zero-order valence-electron chi connectivity index (χ0n) is 18.1. The number of likely N-dealkylation sites (tertiary alicyclic amines) is 1. The highest BCUT2D eigenvalue weighted by Crippen LogP contribution is 2.44. The Kier molecular flexibility index (Phi) is 7.56. The zero-order chi connectivity index (χ0) is 22.9. The average molecular weight is 473 g/mol. The molecule has 1 aromatic carbocycles. The number of carbonyl (C=O) groups is 2. The van der Waals surface area contributed by atoms with Crippen LogP contribution in [0.15, 0.2) is 24.3 Å². The first-order valence-electron chi connectivity index (χ1n) is 10.6. The van der Waals surface area contributed by atoms with Crippen LogP contribution in [-0.4, -0.2) is 48.3 Å². The van der Waals surface area contributed by atoms with Crippen molar-refractivity contribution in [1.82, 2.24) is 9.43 Å². The molecule has 9 heteroatoms. The third-order valence-corrected chi connectivity index (χ3v) is 7.77. The predicted molar refractivity (Wildman–Crippen MR) is 118 cm³/mol. The smallest absolute Gasteiger partial charge is 0.304 e. The van der Waals surface area contributed by atoms with Crippen molar-refractivity contribution < 1.29 is 23.7 Å². The van der Waals surface area contributed by atoms with E-state index in [0.29, 0.717) is 22.4 Å². The molecule has 1 heterocycles. The highest BCUT2D eigenvalue weighted by Gasteiger charge is 2.48. The lowest BCUT2D eigenvalue weighted by Gasteiger charge is -2.45. The van der Waals surface area contributed by atoms with Crippen molar-refractivity contribution >= 4 is 34.8 Å². The van der Waals surface area contributed by atoms with E-state index in [1.165, 1.54) is 0 Å². The normalized spacial score (nSPS) is 24.4.